The molecule has 0 radical (unpaired) electrons. The Morgan fingerprint density at radius 1 is 0.352 bits per heavy atom. The monoisotopic (exact) mass is 1240 g/mol. The molecule has 0 aromatic heterocycles. The highest BCUT2D eigenvalue weighted by Gasteiger charge is 2.71. The number of hydrogen-bond acceptors (Lipinski definition) is 22. The number of hydrogen-bond donors (Lipinski definition) is 6. The van der Waals surface area contributed by atoms with Gasteiger partial charge < -0.3 is 68.5 Å². The van der Waals surface area contributed by atoms with Gasteiger partial charge >= 0.3 is 47.8 Å². The highest BCUT2D eigenvalue weighted by molar-refractivity contribution is 5.89. The number of ether oxygens (including phenoxy) is 8. The van der Waals surface area contributed by atoms with Crippen LogP contribution in [0.2, 0.25) is 0 Å². The van der Waals surface area contributed by atoms with Crippen LogP contribution >= 0.6 is 0 Å². The van der Waals surface area contributed by atoms with Crippen LogP contribution in [0.5, 0.6) is 0 Å². The molecule has 0 aromatic rings. The zero-order chi connectivity index (χ0) is 64.8. The molecular weight excluding hydrogens is 1140 g/mol. The van der Waals surface area contributed by atoms with Gasteiger partial charge in [0.25, 0.3) is 0 Å². The minimum atomic E-state index is -1.24. The molecule has 16 bridgehead atoms. The van der Waals surface area contributed by atoms with Crippen LogP contribution in [0, 0.1) is 33.5 Å². The van der Waals surface area contributed by atoms with Crippen LogP contribution in [0.4, 0.5) is 0 Å². The Bertz CT molecular complexity index is 2770. The summed E-state index contributed by atoms with van der Waals surface area (Å²) in [5, 5.41) is 64.0. The van der Waals surface area contributed by atoms with Gasteiger partial charge in [0.15, 0.2) is 26.4 Å². The van der Waals surface area contributed by atoms with E-state index in [0.717, 1.165) is 108 Å². The molecule has 22 nitrogen and oxygen atoms in total. The van der Waals surface area contributed by atoms with E-state index >= 15 is 0 Å². The number of rotatable bonds is 16. The van der Waals surface area contributed by atoms with E-state index in [1.165, 1.54) is 13.8 Å². The van der Waals surface area contributed by atoms with Crippen molar-refractivity contribution < 1.29 is 107 Å². The maximum Gasteiger partial charge on any atom is 0.344 e. The van der Waals surface area contributed by atoms with Gasteiger partial charge in [0.05, 0.1) is 33.6 Å². The summed E-state index contributed by atoms with van der Waals surface area (Å²) in [5.41, 5.74) is -8.17. The number of esters is 8. The lowest BCUT2D eigenvalue weighted by atomic mass is 9.42. The van der Waals surface area contributed by atoms with Crippen molar-refractivity contribution in [2.75, 3.05) is 26.4 Å². The SMILES string of the molecule is C=C(C)C(=O)OCC(=O)OC12CC3(C)CC(C)(CC(O)(C3)C1)C2.C=C(C)C(=O)OCC(=O)OC12CC3CC(C)(CC(O)(C3)C1)C2.C=CC(=O)OCC(=O)OC12CC3(O)CC(O)(CC(O)(C3)C1)C2.C=CC(=O)OCC(=O)OC12CC3CC(C)(CC(O)(C3)C1)C2. The molecule has 0 saturated heterocycles. The smallest absolute Gasteiger partial charge is 0.344 e. The quantitative estimate of drug-likeness (QED) is 0.0591. The minimum Gasteiger partial charge on any atom is -0.456 e. The second-order valence-corrected chi connectivity index (χ2v) is 31.7. The molecule has 88 heavy (non-hydrogen) atoms. The molecule has 16 saturated carbocycles. The molecule has 6 N–H and O–H groups in total. The van der Waals surface area contributed by atoms with Gasteiger partial charge in [-0.25, -0.2) is 38.4 Å². The van der Waals surface area contributed by atoms with E-state index in [-0.39, 0.29) is 71.3 Å². The van der Waals surface area contributed by atoms with Crippen LogP contribution in [0.1, 0.15) is 196 Å². The number of aliphatic hydroxyl groups is 6. The maximum absolute atomic E-state index is 12.2. The summed E-state index contributed by atoms with van der Waals surface area (Å²) in [4.78, 5) is 92.7. The third kappa shape index (κ3) is 14.9. The van der Waals surface area contributed by atoms with Crippen molar-refractivity contribution in [1.29, 1.82) is 0 Å². The minimum absolute atomic E-state index is 0.00686. The molecule has 488 valence electrons. The number of carbonyl (C=O) groups is 8. The molecule has 16 aliphatic rings. The van der Waals surface area contributed by atoms with Gasteiger partial charge in [-0.1, -0.05) is 54.0 Å². The molecule has 16 aliphatic carbocycles. The molecule has 16 fully saturated rings. The van der Waals surface area contributed by atoms with Gasteiger partial charge in [-0.15, -0.1) is 0 Å². The van der Waals surface area contributed by atoms with Crippen LogP contribution in [-0.4, -0.2) is 161 Å². The second-order valence-electron chi connectivity index (χ2n) is 31.7. The Labute approximate surface area is 514 Å². The van der Waals surface area contributed by atoms with Gasteiger partial charge in [-0.2, -0.15) is 0 Å². The van der Waals surface area contributed by atoms with Gasteiger partial charge in [0, 0.05) is 81.1 Å². The first-order valence-corrected chi connectivity index (χ1v) is 30.9. The topological polar surface area (TPSA) is 332 Å². The Morgan fingerprint density at radius 2 is 0.625 bits per heavy atom. The molecule has 0 aromatic carbocycles. The largest absolute Gasteiger partial charge is 0.456 e. The average Bonchev–Trinajstić information content (AvgIpc) is 0.727. The van der Waals surface area contributed by atoms with Crippen molar-refractivity contribution in [2.24, 2.45) is 33.5 Å². The van der Waals surface area contributed by atoms with E-state index in [2.05, 4.69) is 58.7 Å². The van der Waals surface area contributed by atoms with E-state index in [0.29, 0.717) is 31.1 Å². The van der Waals surface area contributed by atoms with Crippen LogP contribution in [0.3, 0.4) is 0 Å². The summed E-state index contributed by atoms with van der Waals surface area (Å²) in [7, 11) is 0. The lowest BCUT2D eigenvalue weighted by molar-refractivity contribution is -0.301. The first kappa shape index (κ1) is 66.9. The third-order valence-electron chi connectivity index (χ3n) is 20.6. The summed E-state index contributed by atoms with van der Waals surface area (Å²) in [6.07, 6.45) is 17.3. The normalized spacial score (nSPS) is 43.7. The van der Waals surface area contributed by atoms with Gasteiger partial charge in [0.1, 0.15) is 22.4 Å². The van der Waals surface area contributed by atoms with Crippen LogP contribution in [0.15, 0.2) is 49.6 Å². The zero-order valence-electron chi connectivity index (χ0n) is 52.2. The van der Waals surface area contributed by atoms with Gasteiger partial charge in [-0.05, 0) is 144 Å². The van der Waals surface area contributed by atoms with Crippen molar-refractivity contribution in [2.45, 2.75) is 252 Å². The predicted octanol–water partition coefficient (Wildman–Crippen LogP) is 5.94. The molecule has 22 heteroatoms. The molecular formula is C66H92O22. The molecule has 0 amide bonds. The van der Waals surface area contributed by atoms with E-state index in [1.54, 1.807) is 0 Å². The fraction of sp³-hybridized carbons (Fsp3) is 0.758. The number of carbonyl (C=O) groups excluding carboxylic acids is 8. The van der Waals surface area contributed by atoms with Crippen LogP contribution in [0.25, 0.3) is 0 Å². The summed E-state index contributed by atoms with van der Waals surface area (Å²) in [6.45, 7) is 23.4. The van der Waals surface area contributed by atoms with E-state index in [9.17, 15) is 69.0 Å². The first-order valence-electron chi connectivity index (χ1n) is 30.9. The lowest BCUT2D eigenvalue weighted by Crippen LogP contribution is -2.72. The van der Waals surface area contributed by atoms with Gasteiger partial charge in [-0.3, -0.25) is 0 Å². The standard InChI is InChI=1S/C18H26O5.C17H24O5.C16H22O5.C15H20O7/c1-12(2)14(20)22-5-13(19)23-18-9-15(3)6-16(4,10-18)8-17(21,7-15)11-18;1-11(2)14(19)21-7-13(18)22-17-6-12-4-15(3,9-17)8-16(20,5-12)10-17;1-3-12(17)20-7-13(18)21-16-6-11-4-14(2,9-16)8-15(19,5-11)10-16;1-2-10(16)21-3-11(17)22-15-7-12(18)4-13(19,8-15)6-14(20,5-12)9-15/h21H,1,5-11H2,2-4H3;12,20H,1,4-10H2,2-3H3;3,11,19H,1,4-10H2,2H3;2,18-20H,1,3-9H2. The average molecular weight is 1240 g/mol. The Kier molecular flexibility index (Phi) is 17.3. The second kappa shape index (κ2) is 22.7. The van der Waals surface area contributed by atoms with Crippen LogP contribution < -0.4 is 0 Å². The third-order valence-corrected chi connectivity index (χ3v) is 20.6. The summed E-state index contributed by atoms with van der Waals surface area (Å²) < 4.78 is 41.6. The first-order chi connectivity index (χ1) is 40.4. The van der Waals surface area contributed by atoms with Gasteiger partial charge in [0.2, 0.25) is 0 Å². The highest BCUT2D eigenvalue weighted by Crippen LogP contribution is 2.70. The maximum atomic E-state index is 12.2. The van der Waals surface area contributed by atoms with Crippen molar-refractivity contribution in [3.63, 3.8) is 0 Å². The molecule has 16 rings (SSSR count). The van der Waals surface area contributed by atoms with Crippen LogP contribution in [-0.2, 0) is 76.3 Å². The fourth-order valence-corrected chi connectivity index (χ4v) is 21.9. The predicted molar refractivity (Wildman–Crippen MR) is 309 cm³/mol. The molecule has 0 aliphatic heterocycles. The lowest BCUT2D eigenvalue weighted by Gasteiger charge is -2.67. The fourth-order valence-electron chi connectivity index (χ4n) is 21.9. The summed E-state index contributed by atoms with van der Waals surface area (Å²) in [6, 6.07) is 0. The van der Waals surface area contributed by atoms with Crippen molar-refractivity contribution in [3.05, 3.63) is 49.6 Å². The Balaban J connectivity index is 0.000000140. The van der Waals surface area contributed by atoms with Crippen molar-refractivity contribution >= 4 is 47.8 Å². The highest BCUT2D eigenvalue weighted by atomic mass is 16.6. The summed E-state index contributed by atoms with van der Waals surface area (Å²) >= 11 is 0. The van der Waals surface area contributed by atoms with E-state index < -0.39 is 130 Å². The molecule has 10 atom stereocenters. The Hall–Kier alpha value is -5.52. The Morgan fingerprint density at radius 3 is 0.920 bits per heavy atom. The molecule has 10 unspecified atom stereocenters. The molecule has 0 heterocycles. The van der Waals surface area contributed by atoms with E-state index in [1.807, 2.05) is 0 Å². The van der Waals surface area contributed by atoms with Crippen molar-refractivity contribution in [3.8, 4) is 0 Å². The molecule has 0 spiro atoms. The van der Waals surface area contributed by atoms with Crippen molar-refractivity contribution in [1.82, 2.24) is 0 Å². The zero-order valence-corrected chi connectivity index (χ0v) is 52.2. The summed E-state index contributed by atoms with van der Waals surface area (Å²) in [5.74, 6) is -4.12. The van der Waals surface area contributed by atoms with E-state index in [4.69, 9.17) is 33.2 Å².